The Morgan fingerprint density at radius 1 is 1.22 bits per heavy atom. The lowest BCUT2D eigenvalue weighted by Crippen LogP contribution is -2.43. The van der Waals surface area contributed by atoms with E-state index >= 15 is 0 Å². The molecule has 0 aliphatic rings. The Hall–Kier alpha value is -0.160. The summed E-state index contributed by atoms with van der Waals surface area (Å²) in [6.45, 7) is 15.1. The number of aliphatic hydroxyl groups excluding tert-OH is 1. The van der Waals surface area contributed by atoms with Crippen LogP contribution in [0.4, 0.5) is 0 Å². The monoisotopic (exact) mass is 260 g/mol. The van der Waals surface area contributed by atoms with Crippen LogP contribution in [0.25, 0.3) is 0 Å². The second-order valence-corrected chi connectivity index (χ2v) is 6.71. The van der Waals surface area contributed by atoms with Crippen LogP contribution in [-0.2, 0) is 4.74 Å². The largest absolute Gasteiger partial charge is 0.376 e. The summed E-state index contributed by atoms with van der Waals surface area (Å²) in [6, 6.07) is 0. The average Bonchev–Trinajstić information content (AvgIpc) is 2.19. The van der Waals surface area contributed by atoms with E-state index in [2.05, 4.69) is 34.6 Å². The molecule has 0 aliphatic heterocycles. The van der Waals surface area contributed by atoms with E-state index in [0.717, 1.165) is 13.0 Å². The molecule has 0 radical (unpaired) electrons. The molecule has 1 unspecified atom stereocenters. The highest BCUT2D eigenvalue weighted by Gasteiger charge is 2.27. The Balaban J connectivity index is 4.21. The fourth-order valence-electron chi connectivity index (χ4n) is 2.42. The van der Waals surface area contributed by atoms with Crippen molar-refractivity contribution in [2.24, 2.45) is 11.1 Å². The molecule has 0 aromatic heterocycles. The van der Waals surface area contributed by atoms with Gasteiger partial charge in [-0.25, -0.2) is 0 Å². The van der Waals surface area contributed by atoms with E-state index in [1.54, 1.807) is 0 Å². The molecule has 0 spiro atoms. The van der Waals surface area contributed by atoms with Gasteiger partial charge in [-0.05, 0) is 32.2 Å². The number of ether oxygens (including phenoxy) is 1. The van der Waals surface area contributed by atoms with E-state index in [4.69, 9.17) is 10.5 Å². The Morgan fingerprint density at radius 3 is 2.17 bits per heavy atom. The Labute approximate surface area is 112 Å². The van der Waals surface area contributed by atoms with Crippen LogP contribution in [0.3, 0.4) is 0 Å². The van der Waals surface area contributed by atoms with Gasteiger partial charge in [-0.1, -0.05) is 27.7 Å². The van der Waals surface area contributed by atoms with Crippen LogP contribution in [0, 0.1) is 5.41 Å². The smallest absolute Gasteiger partial charge is 0.131 e. The normalized spacial score (nSPS) is 15.2. The molecule has 4 nitrogen and oxygen atoms in total. The van der Waals surface area contributed by atoms with Crippen molar-refractivity contribution in [3.63, 3.8) is 0 Å². The topological polar surface area (TPSA) is 58.7 Å². The second-order valence-electron chi connectivity index (χ2n) is 6.71. The van der Waals surface area contributed by atoms with Gasteiger partial charge in [0.1, 0.15) is 6.23 Å². The standard InChI is InChI=1S/C14H32N2O2/c1-7-16(9-8-15)12(17)10-18-14(5,6)11-13(2,3)4/h12,17H,7-11,15H2,1-6H3. The average molecular weight is 260 g/mol. The lowest BCUT2D eigenvalue weighted by atomic mass is 9.84. The Kier molecular flexibility index (Phi) is 7.37. The van der Waals surface area contributed by atoms with E-state index in [-0.39, 0.29) is 11.0 Å². The first-order valence-electron chi connectivity index (χ1n) is 6.87. The molecule has 0 saturated heterocycles. The van der Waals surface area contributed by atoms with E-state index in [1.165, 1.54) is 0 Å². The molecule has 0 amide bonds. The summed E-state index contributed by atoms with van der Waals surface area (Å²) in [5, 5.41) is 10.0. The molecule has 0 fully saturated rings. The van der Waals surface area contributed by atoms with Crippen molar-refractivity contribution in [1.82, 2.24) is 4.90 Å². The first-order valence-corrected chi connectivity index (χ1v) is 6.87. The molecule has 4 heteroatoms. The molecule has 18 heavy (non-hydrogen) atoms. The van der Waals surface area contributed by atoms with Gasteiger partial charge in [0.05, 0.1) is 12.2 Å². The summed E-state index contributed by atoms with van der Waals surface area (Å²) in [7, 11) is 0. The predicted molar refractivity (Wildman–Crippen MR) is 76.4 cm³/mol. The molecule has 0 saturated carbocycles. The molecule has 0 aliphatic carbocycles. The van der Waals surface area contributed by atoms with Crippen LogP contribution < -0.4 is 5.73 Å². The molecule has 3 N–H and O–H groups in total. The van der Waals surface area contributed by atoms with Crippen LogP contribution in [0.1, 0.15) is 48.0 Å². The van der Waals surface area contributed by atoms with Gasteiger partial charge in [0.25, 0.3) is 0 Å². The van der Waals surface area contributed by atoms with E-state index in [0.29, 0.717) is 19.7 Å². The summed E-state index contributed by atoms with van der Waals surface area (Å²) in [5.74, 6) is 0. The first kappa shape index (κ1) is 17.8. The predicted octanol–water partition coefficient (Wildman–Crippen LogP) is 1.82. The number of likely N-dealkylation sites (N-methyl/N-ethyl adjacent to an activating group) is 1. The minimum absolute atomic E-state index is 0.218. The van der Waals surface area contributed by atoms with Crippen molar-refractivity contribution in [2.45, 2.75) is 59.8 Å². The maximum Gasteiger partial charge on any atom is 0.131 e. The van der Waals surface area contributed by atoms with Gasteiger partial charge in [-0.2, -0.15) is 0 Å². The Morgan fingerprint density at radius 2 is 1.78 bits per heavy atom. The molecule has 0 heterocycles. The minimum Gasteiger partial charge on any atom is -0.376 e. The summed E-state index contributed by atoms with van der Waals surface area (Å²) in [6.07, 6.45) is 0.383. The van der Waals surface area contributed by atoms with Gasteiger partial charge >= 0.3 is 0 Å². The highest BCUT2D eigenvalue weighted by molar-refractivity contribution is 4.77. The molecule has 0 bridgehead atoms. The maximum atomic E-state index is 10.0. The lowest BCUT2D eigenvalue weighted by Gasteiger charge is -2.35. The van der Waals surface area contributed by atoms with E-state index in [1.807, 2.05) is 11.8 Å². The highest BCUT2D eigenvalue weighted by Crippen LogP contribution is 2.29. The number of aliphatic hydroxyl groups is 1. The van der Waals surface area contributed by atoms with Crippen LogP contribution in [-0.4, -0.2) is 48.1 Å². The summed E-state index contributed by atoms with van der Waals surface area (Å²) in [4.78, 5) is 1.92. The third kappa shape index (κ3) is 8.03. The van der Waals surface area contributed by atoms with Gasteiger partial charge in [-0.15, -0.1) is 0 Å². The number of hydrogen-bond acceptors (Lipinski definition) is 4. The van der Waals surface area contributed by atoms with Crippen molar-refractivity contribution in [3.8, 4) is 0 Å². The molecule has 0 rings (SSSR count). The zero-order chi connectivity index (χ0) is 14.4. The van der Waals surface area contributed by atoms with Gasteiger partial charge in [0.2, 0.25) is 0 Å². The van der Waals surface area contributed by atoms with Crippen LogP contribution in [0.5, 0.6) is 0 Å². The zero-order valence-electron chi connectivity index (χ0n) is 13.0. The molecule has 0 aromatic carbocycles. The highest BCUT2D eigenvalue weighted by atomic mass is 16.5. The first-order chi connectivity index (χ1) is 8.11. The van der Waals surface area contributed by atoms with Crippen LogP contribution in [0.15, 0.2) is 0 Å². The van der Waals surface area contributed by atoms with Crippen molar-refractivity contribution in [1.29, 1.82) is 0 Å². The van der Waals surface area contributed by atoms with Gasteiger partial charge in [0, 0.05) is 13.1 Å². The van der Waals surface area contributed by atoms with Crippen LogP contribution in [0.2, 0.25) is 0 Å². The van der Waals surface area contributed by atoms with Gasteiger partial charge in [-0.3, -0.25) is 4.90 Å². The van der Waals surface area contributed by atoms with E-state index < -0.39 is 6.23 Å². The van der Waals surface area contributed by atoms with Crippen molar-refractivity contribution < 1.29 is 9.84 Å². The fraction of sp³-hybridized carbons (Fsp3) is 1.00. The SMILES string of the molecule is CCN(CCN)C(O)COC(C)(C)CC(C)(C)C. The van der Waals surface area contributed by atoms with E-state index in [9.17, 15) is 5.11 Å². The lowest BCUT2D eigenvalue weighted by molar-refractivity contribution is -0.117. The number of nitrogens with zero attached hydrogens (tertiary/aromatic N) is 1. The minimum atomic E-state index is -0.571. The summed E-state index contributed by atoms with van der Waals surface area (Å²) >= 11 is 0. The van der Waals surface area contributed by atoms with Gasteiger partial charge < -0.3 is 15.6 Å². The molecule has 110 valence electrons. The maximum absolute atomic E-state index is 10.0. The number of rotatable bonds is 8. The zero-order valence-corrected chi connectivity index (χ0v) is 13.0. The molecule has 0 aromatic rings. The second kappa shape index (κ2) is 7.43. The fourth-order valence-corrected chi connectivity index (χ4v) is 2.42. The van der Waals surface area contributed by atoms with Crippen LogP contribution >= 0.6 is 0 Å². The number of hydrogen-bond donors (Lipinski definition) is 2. The quantitative estimate of drug-likeness (QED) is 0.654. The third-order valence-electron chi connectivity index (χ3n) is 2.82. The summed E-state index contributed by atoms with van der Waals surface area (Å²) < 4.78 is 5.86. The third-order valence-corrected chi connectivity index (χ3v) is 2.82. The van der Waals surface area contributed by atoms with Crippen molar-refractivity contribution >= 4 is 0 Å². The molecular formula is C14H32N2O2. The Bertz CT molecular complexity index is 224. The van der Waals surface area contributed by atoms with Crippen molar-refractivity contribution in [2.75, 3.05) is 26.2 Å². The summed E-state index contributed by atoms with van der Waals surface area (Å²) in [5.41, 5.74) is 5.51. The molecule has 1 atom stereocenters. The van der Waals surface area contributed by atoms with Gasteiger partial charge in [0.15, 0.2) is 0 Å². The number of nitrogens with two attached hydrogens (primary N) is 1. The molecular weight excluding hydrogens is 228 g/mol. The van der Waals surface area contributed by atoms with Crippen molar-refractivity contribution in [3.05, 3.63) is 0 Å².